The Balaban J connectivity index is 1.80. The highest BCUT2D eigenvalue weighted by molar-refractivity contribution is 6.44. The second kappa shape index (κ2) is 10.4. The van der Waals surface area contributed by atoms with Crippen LogP contribution >= 0.6 is 23.2 Å². The molecule has 0 radical (unpaired) electrons. The summed E-state index contributed by atoms with van der Waals surface area (Å²) in [6.45, 7) is 4.80. The fourth-order valence-electron chi connectivity index (χ4n) is 3.21. The molecule has 0 heterocycles. The highest BCUT2D eigenvalue weighted by Crippen LogP contribution is 2.32. The molecular weight excluding hydrogens is 445 g/mol. The van der Waals surface area contributed by atoms with Crippen LogP contribution in [0.25, 0.3) is 0 Å². The Morgan fingerprint density at radius 2 is 1.84 bits per heavy atom. The summed E-state index contributed by atoms with van der Waals surface area (Å²) in [6, 6.07) is 14.4. The average molecular weight is 470 g/mol. The number of hydrogen-bond donors (Lipinski definition) is 3. The first kappa shape index (κ1) is 23.4. The number of aliphatic imine (C=N–C) groups is 2. The molecule has 166 valence electrons. The van der Waals surface area contributed by atoms with E-state index in [0.717, 1.165) is 5.56 Å². The maximum Gasteiger partial charge on any atom is 0.166 e. The number of rotatable bonds is 6. The van der Waals surface area contributed by atoms with Gasteiger partial charge < -0.3 is 21.5 Å². The molecule has 0 aliphatic heterocycles. The lowest BCUT2D eigenvalue weighted by atomic mass is 9.98. The minimum absolute atomic E-state index is 0.00417. The van der Waals surface area contributed by atoms with Gasteiger partial charge in [-0.3, -0.25) is 4.99 Å². The van der Waals surface area contributed by atoms with Crippen LogP contribution in [-0.2, 0) is 6.54 Å². The molecule has 2 aromatic rings. The predicted octanol–water partition coefficient (Wildman–Crippen LogP) is 5.13. The lowest BCUT2D eigenvalue weighted by Crippen LogP contribution is -2.33. The molecule has 5 N–H and O–H groups in total. The summed E-state index contributed by atoms with van der Waals surface area (Å²) in [5.41, 5.74) is 14.9. The molecule has 1 unspecified atom stereocenters. The predicted molar refractivity (Wildman–Crippen MR) is 134 cm³/mol. The van der Waals surface area contributed by atoms with E-state index in [9.17, 15) is 5.11 Å². The van der Waals surface area contributed by atoms with Crippen LogP contribution in [0.2, 0.25) is 10.0 Å². The van der Waals surface area contributed by atoms with Crippen molar-refractivity contribution in [1.82, 2.24) is 4.90 Å². The zero-order chi connectivity index (χ0) is 23.3. The van der Waals surface area contributed by atoms with Gasteiger partial charge in [0.15, 0.2) is 11.7 Å². The monoisotopic (exact) mass is 469 g/mol. The number of nitrogens with two attached hydrogens (primary N) is 2. The average Bonchev–Trinajstić information content (AvgIpc) is 2.78. The van der Waals surface area contributed by atoms with Crippen molar-refractivity contribution < 1.29 is 5.11 Å². The normalized spacial score (nSPS) is 16.9. The van der Waals surface area contributed by atoms with E-state index in [1.54, 1.807) is 18.2 Å². The van der Waals surface area contributed by atoms with Gasteiger partial charge in [0.1, 0.15) is 11.8 Å². The van der Waals surface area contributed by atoms with Gasteiger partial charge in [0, 0.05) is 24.9 Å². The Hall–Kier alpha value is -3.22. The van der Waals surface area contributed by atoms with Crippen LogP contribution < -0.4 is 11.5 Å². The van der Waals surface area contributed by atoms with Gasteiger partial charge in [0.05, 0.1) is 15.7 Å². The van der Waals surface area contributed by atoms with Crippen molar-refractivity contribution in [2.45, 2.75) is 19.0 Å². The van der Waals surface area contributed by atoms with E-state index in [1.807, 2.05) is 54.4 Å². The van der Waals surface area contributed by atoms with E-state index < -0.39 is 6.04 Å². The van der Waals surface area contributed by atoms with Crippen LogP contribution in [0.1, 0.15) is 12.0 Å². The van der Waals surface area contributed by atoms with Crippen molar-refractivity contribution in [1.29, 1.82) is 0 Å². The largest absolute Gasteiger partial charge is 0.509 e. The van der Waals surface area contributed by atoms with Gasteiger partial charge in [0.25, 0.3) is 0 Å². The molecule has 0 saturated carbocycles. The molecule has 0 fully saturated rings. The Labute approximate surface area is 197 Å². The summed E-state index contributed by atoms with van der Waals surface area (Å²) in [4.78, 5) is 10.6. The smallest absolute Gasteiger partial charge is 0.166 e. The lowest BCUT2D eigenvalue weighted by molar-refractivity contribution is 0.351. The number of benzene rings is 2. The highest BCUT2D eigenvalue weighted by atomic mass is 35.5. The summed E-state index contributed by atoms with van der Waals surface area (Å²) in [5, 5.41) is 11.5. The lowest BCUT2D eigenvalue weighted by Gasteiger charge is -2.26. The quantitative estimate of drug-likeness (QED) is 0.403. The second-order valence-electron chi connectivity index (χ2n) is 7.33. The van der Waals surface area contributed by atoms with Crippen molar-refractivity contribution in [2.24, 2.45) is 21.5 Å². The number of aliphatic hydroxyl groups is 1. The first-order chi connectivity index (χ1) is 15.3. The number of hydrogen-bond acceptors (Lipinski definition) is 4. The van der Waals surface area contributed by atoms with Gasteiger partial charge in [-0.2, -0.15) is 0 Å². The fraction of sp³-hybridized carbons (Fsp3) is 0.167. The minimum atomic E-state index is -0.597. The van der Waals surface area contributed by atoms with Gasteiger partial charge >= 0.3 is 0 Å². The van der Waals surface area contributed by atoms with Gasteiger partial charge in [0.2, 0.25) is 0 Å². The number of nitrogens with zero attached hydrogens (tertiary/aromatic N) is 3. The van der Waals surface area contributed by atoms with Gasteiger partial charge in [-0.15, -0.1) is 0 Å². The van der Waals surface area contributed by atoms with Crippen LogP contribution in [0.5, 0.6) is 0 Å². The first-order valence-corrected chi connectivity index (χ1v) is 10.7. The van der Waals surface area contributed by atoms with E-state index in [4.69, 9.17) is 34.7 Å². The molecule has 1 aliphatic rings. The maximum absolute atomic E-state index is 10.9. The van der Waals surface area contributed by atoms with Gasteiger partial charge in [-0.25, -0.2) is 4.99 Å². The van der Waals surface area contributed by atoms with Crippen molar-refractivity contribution in [2.75, 3.05) is 7.05 Å². The van der Waals surface area contributed by atoms with Gasteiger partial charge in [-0.1, -0.05) is 78.3 Å². The number of allylic oxidation sites excluding steroid dienone is 1. The molecule has 0 saturated heterocycles. The molecule has 0 bridgehead atoms. The van der Waals surface area contributed by atoms with Crippen LogP contribution in [0.3, 0.4) is 0 Å². The van der Waals surface area contributed by atoms with Crippen molar-refractivity contribution in [3.8, 4) is 0 Å². The fourth-order valence-corrected chi connectivity index (χ4v) is 3.55. The molecule has 6 nitrogen and oxygen atoms in total. The topological polar surface area (TPSA) is 100 Å². The van der Waals surface area contributed by atoms with Crippen molar-refractivity contribution >= 4 is 40.6 Å². The molecule has 2 aromatic carbocycles. The Morgan fingerprint density at radius 1 is 1.12 bits per heavy atom. The summed E-state index contributed by atoms with van der Waals surface area (Å²) >= 11 is 12.2. The van der Waals surface area contributed by atoms with Crippen LogP contribution in [0.15, 0.2) is 94.3 Å². The third-order valence-corrected chi connectivity index (χ3v) is 5.81. The Bertz CT molecular complexity index is 1120. The molecule has 0 aromatic heterocycles. The van der Waals surface area contributed by atoms with Crippen molar-refractivity contribution in [3.05, 3.63) is 99.9 Å². The molecule has 1 aliphatic carbocycles. The number of aliphatic hydroxyl groups excluding tert-OH is 1. The summed E-state index contributed by atoms with van der Waals surface area (Å²) in [7, 11) is 1.92. The molecule has 0 spiro atoms. The second-order valence-corrected chi connectivity index (χ2v) is 8.11. The Morgan fingerprint density at radius 3 is 2.56 bits per heavy atom. The molecule has 0 amide bonds. The van der Waals surface area contributed by atoms with Crippen molar-refractivity contribution in [3.63, 3.8) is 0 Å². The number of halogens is 2. The summed E-state index contributed by atoms with van der Waals surface area (Å²) in [5.74, 6) is 0.0579. The summed E-state index contributed by atoms with van der Waals surface area (Å²) < 4.78 is 0. The van der Waals surface area contributed by atoms with E-state index in [0.29, 0.717) is 34.9 Å². The number of likely N-dealkylation sites (N-methyl/N-ethyl adjacent to an activating group) is 1. The minimum Gasteiger partial charge on any atom is -0.509 e. The molecule has 3 rings (SSSR count). The van der Waals surface area contributed by atoms with Crippen LogP contribution in [0.4, 0.5) is 5.69 Å². The third kappa shape index (κ3) is 5.52. The van der Waals surface area contributed by atoms with E-state index in [-0.39, 0.29) is 22.5 Å². The molecule has 8 heteroatoms. The van der Waals surface area contributed by atoms with E-state index in [2.05, 4.69) is 16.6 Å². The number of amidine groups is 2. The van der Waals surface area contributed by atoms with Crippen LogP contribution in [0, 0.1) is 0 Å². The maximum atomic E-state index is 10.9. The zero-order valence-corrected chi connectivity index (χ0v) is 19.2. The zero-order valence-electron chi connectivity index (χ0n) is 17.7. The van der Waals surface area contributed by atoms with Crippen LogP contribution in [-0.4, -0.2) is 34.8 Å². The van der Waals surface area contributed by atoms with E-state index >= 15 is 0 Å². The first-order valence-electron chi connectivity index (χ1n) is 9.93. The SMILES string of the molecule is C=C(C1=C(O)C(N=C(N)C(N)=Nc2cccc(Cl)c2Cl)CC=C1)N(C)Cc1ccccc1. The molecule has 1 atom stereocenters. The highest BCUT2D eigenvalue weighted by Gasteiger charge is 2.22. The summed E-state index contributed by atoms with van der Waals surface area (Å²) in [6.07, 6.45) is 4.22. The third-order valence-electron chi connectivity index (χ3n) is 5.00. The Kier molecular flexibility index (Phi) is 7.62. The molecule has 32 heavy (non-hydrogen) atoms. The van der Waals surface area contributed by atoms with Gasteiger partial charge in [-0.05, 0) is 24.1 Å². The standard InChI is InChI=1S/C24H25Cl2N5O/c1-15(31(2)14-16-8-4-3-5-9-16)17-10-6-13-20(22(17)32)30-24(28)23(27)29-19-12-7-11-18(25)21(19)26/h3-12,20,32H,1,13-14H2,2H3,(H2,27,29)(H2,28,30). The molecular formula is C24H25Cl2N5O. The van der Waals surface area contributed by atoms with E-state index in [1.165, 1.54) is 0 Å².